The summed E-state index contributed by atoms with van der Waals surface area (Å²) in [6.07, 6.45) is 6.26. The van der Waals surface area contributed by atoms with Gasteiger partial charge in [0.2, 0.25) is 0 Å². The number of nitrogens with zero attached hydrogens (tertiary/aromatic N) is 3. The third-order valence-electron chi connectivity index (χ3n) is 4.91. The van der Waals surface area contributed by atoms with Crippen molar-refractivity contribution in [3.63, 3.8) is 0 Å². The molecule has 1 aromatic heterocycles. The standard InChI is InChI=1S/C21H21N3/c22-14-17-8-10-19(11-9-17)24-16-18(15-23-12-4-1-5-13-23)20-6-2-3-7-21(20)24/h2-3,6-11,16H,1,4-5,12-13,15H2. The highest BCUT2D eigenvalue weighted by Crippen LogP contribution is 2.27. The van der Waals surface area contributed by atoms with Gasteiger partial charge in [-0.25, -0.2) is 0 Å². The molecular formula is C21H21N3. The topological polar surface area (TPSA) is 32.0 Å². The van der Waals surface area contributed by atoms with Crippen molar-refractivity contribution in [1.82, 2.24) is 9.47 Å². The Kier molecular flexibility index (Phi) is 4.06. The summed E-state index contributed by atoms with van der Waals surface area (Å²) < 4.78 is 2.25. The fraction of sp³-hybridized carbons (Fsp3) is 0.286. The zero-order valence-electron chi connectivity index (χ0n) is 13.8. The van der Waals surface area contributed by atoms with Crippen LogP contribution >= 0.6 is 0 Å². The molecular weight excluding hydrogens is 294 g/mol. The van der Waals surface area contributed by atoms with Crippen LogP contribution in [0.5, 0.6) is 0 Å². The van der Waals surface area contributed by atoms with Gasteiger partial charge >= 0.3 is 0 Å². The molecule has 0 bridgehead atoms. The SMILES string of the molecule is N#Cc1ccc(-n2cc(CN3CCCCC3)c3ccccc32)cc1. The smallest absolute Gasteiger partial charge is 0.0991 e. The minimum atomic E-state index is 0.698. The van der Waals surface area contributed by atoms with Crippen molar-refractivity contribution < 1.29 is 0 Å². The highest BCUT2D eigenvalue weighted by atomic mass is 15.1. The number of rotatable bonds is 3. The predicted molar refractivity (Wildman–Crippen MR) is 97.1 cm³/mol. The Morgan fingerprint density at radius 2 is 1.67 bits per heavy atom. The number of benzene rings is 2. The molecule has 0 radical (unpaired) electrons. The van der Waals surface area contributed by atoms with Crippen LogP contribution < -0.4 is 0 Å². The zero-order chi connectivity index (χ0) is 16.4. The first kappa shape index (κ1) is 15.0. The summed E-state index contributed by atoms with van der Waals surface area (Å²) in [6, 6.07) is 18.6. The van der Waals surface area contributed by atoms with Crippen LogP contribution in [0.2, 0.25) is 0 Å². The maximum atomic E-state index is 8.99. The second-order valence-electron chi connectivity index (χ2n) is 6.54. The number of hydrogen-bond donors (Lipinski definition) is 0. The van der Waals surface area contributed by atoms with Crippen LogP contribution in [0, 0.1) is 11.3 Å². The van der Waals surface area contributed by atoms with Crippen LogP contribution in [-0.4, -0.2) is 22.6 Å². The number of hydrogen-bond acceptors (Lipinski definition) is 2. The first-order chi connectivity index (χ1) is 11.8. The summed E-state index contributed by atoms with van der Waals surface area (Å²) in [4.78, 5) is 2.56. The lowest BCUT2D eigenvalue weighted by Crippen LogP contribution is -2.28. The van der Waals surface area contributed by atoms with E-state index >= 15 is 0 Å². The van der Waals surface area contributed by atoms with Gasteiger partial charge in [-0.15, -0.1) is 0 Å². The quantitative estimate of drug-likeness (QED) is 0.713. The number of nitriles is 1. The summed E-state index contributed by atoms with van der Waals surface area (Å²) in [5.41, 5.74) is 4.42. The van der Waals surface area contributed by atoms with Crippen LogP contribution in [0.25, 0.3) is 16.6 Å². The summed E-state index contributed by atoms with van der Waals surface area (Å²) >= 11 is 0. The maximum Gasteiger partial charge on any atom is 0.0991 e. The van der Waals surface area contributed by atoms with E-state index in [4.69, 9.17) is 5.26 Å². The lowest BCUT2D eigenvalue weighted by molar-refractivity contribution is 0.221. The second-order valence-corrected chi connectivity index (χ2v) is 6.54. The van der Waals surface area contributed by atoms with E-state index in [-0.39, 0.29) is 0 Å². The Hall–Kier alpha value is -2.57. The monoisotopic (exact) mass is 315 g/mol. The van der Waals surface area contributed by atoms with Gasteiger partial charge < -0.3 is 4.57 Å². The molecule has 3 heteroatoms. The first-order valence-corrected chi connectivity index (χ1v) is 8.67. The van der Waals surface area contributed by atoms with Gasteiger partial charge in [-0.3, -0.25) is 4.90 Å². The molecule has 1 aliphatic rings. The number of fused-ring (bicyclic) bond motifs is 1. The highest BCUT2D eigenvalue weighted by Gasteiger charge is 2.15. The molecule has 1 saturated heterocycles. The number of piperidine rings is 1. The van der Waals surface area contributed by atoms with Gasteiger partial charge in [-0.2, -0.15) is 5.26 Å². The van der Waals surface area contributed by atoms with Gasteiger partial charge in [-0.05, 0) is 61.8 Å². The fourth-order valence-electron chi connectivity index (χ4n) is 3.64. The largest absolute Gasteiger partial charge is 0.316 e. The molecule has 3 nitrogen and oxygen atoms in total. The number of aromatic nitrogens is 1. The van der Waals surface area contributed by atoms with Crippen LogP contribution in [0.1, 0.15) is 30.4 Å². The molecule has 1 fully saturated rings. The zero-order valence-corrected chi connectivity index (χ0v) is 13.8. The number of para-hydroxylation sites is 1. The molecule has 1 aliphatic heterocycles. The van der Waals surface area contributed by atoms with Gasteiger partial charge in [0.05, 0.1) is 17.1 Å². The van der Waals surface area contributed by atoms with Gasteiger partial charge in [0.1, 0.15) is 0 Å². The van der Waals surface area contributed by atoms with E-state index in [1.54, 1.807) is 0 Å². The Balaban J connectivity index is 1.74. The average Bonchev–Trinajstić information content (AvgIpc) is 3.01. The minimum Gasteiger partial charge on any atom is -0.316 e. The molecule has 0 atom stereocenters. The van der Waals surface area contributed by atoms with Crippen molar-refractivity contribution in [1.29, 1.82) is 5.26 Å². The maximum absolute atomic E-state index is 8.99. The van der Waals surface area contributed by atoms with E-state index in [1.165, 1.54) is 48.8 Å². The second kappa shape index (κ2) is 6.51. The van der Waals surface area contributed by atoms with Crippen molar-refractivity contribution >= 4 is 10.9 Å². The Labute approximate surface area is 142 Å². The fourth-order valence-corrected chi connectivity index (χ4v) is 3.64. The van der Waals surface area contributed by atoms with Crippen LogP contribution in [-0.2, 0) is 6.54 Å². The molecule has 0 N–H and O–H groups in total. The molecule has 0 spiro atoms. The summed E-state index contributed by atoms with van der Waals surface area (Å²) in [5, 5.41) is 10.3. The third-order valence-corrected chi connectivity index (χ3v) is 4.91. The van der Waals surface area contributed by atoms with E-state index in [1.807, 2.05) is 24.3 Å². The molecule has 24 heavy (non-hydrogen) atoms. The first-order valence-electron chi connectivity index (χ1n) is 8.67. The van der Waals surface area contributed by atoms with Crippen molar-refractivity contribution in [2.45, 2.75) is 25.8 Å². The van der Waals surface area contributed by atoms with Crippen molar-refractivity contribution in [2.75, 3.05) is 13.1 Å². The normalized spacial score (nSPS) is 15.5. The van der Waals surface area contributed by atoms with Crippen molar-refractivity contribution in [2.24, 2.45) is 0 Å². The predicted octanol–water partition coefficient (Wildman–Crippen LogP) is 4.49. The Morgan fingerprint density at radius 1 is 0.917 bits per heavy atom. The van der Waals surface area contributed by atoms with Gasteiger partial charge in [0, 0.05) is 23.8 Å². The van der Waals surface area contributed by atoms with E-state index in [0.29, 0.717) is 5.56 Å². The van der Waals surface area contributed by atoms with Crippen LogP contribution in [0.3, 0.4) is 0 Å². The average molecular weight is 315 g/mol. The minimum absolute atomic E-state index is 0.698. The van der Waals surface area contributed by atoms with Gasteiger partial charge in [-0.1, -0.05) is 24.6 Å². The highest BCUT2D eigenvalue weighted by molar-refractivity contribution is 5.85. The molecule has 0 unspecified atom stereocenters. The van der Waals surface area contributed by atoms with Crippen LogP contribution in [0.15, 0.2) is 54.7 Å². The summed E-state index contributed by atoms with van der Waals surface area (Å²) in [5.74, 6) is 0. The molecule has 2 aromatic carbocycles. The van der Waals surface area contributed by atoms with E-state index in [9.17, 15) is 0 Å². The summed E-state index contributed by atoms with van der Waals surface area (Å²) in [6.45, 7) is 3.43. The summed E-state index contributed by atoms with van der Waals surface area (Å²) in [7, 11) is 0. The van der Waals surface area contributed by atoms with E-state index in [0.717, 1.165) is 12.2 Å². The molecule has 0 amide bonds. The third kappa shape index (κ3) is 2.81. The molecule has 0 saturated carbocycles. The molecule has 0 aliphatic carbocycles. The lowest BCUT2D eigenvalue weighted by atomic mass is 10.1. The Morgan fingerprint density at radius 3 is 2.42 bits per heavy atom. The van der Waals surface area contributed by atoms with E-state index < -0.39 is 0 Å². The molecule has 3 aromatic rings. The van der Waals surface area contributed by atoms with Crippen molar-refractivity contribution in [3.8, 4) is 11.8 Å². The van der Waals surface area contributed by atoms with E-state index in [2.05, 4.69) is 46.0 Å². The van der Waals surface area contributed by atoms with Gasteiger partial charge in [0.15, 0.2) is 0 Å². The molecule has 2 heterocycles. The van der Waals surface area contributed by atoms with Gasteiger partial charge in [0.25, 0.3) is 0 Å². The Bertz CT molecular complexity index is 878. The lowest BCUT2D eigenvalue weighted by Gasteiger charge is -2.26. The van der Waals surface area contributed by atoms with Crippen LogP contribution in [0.4, 0.5) is 0 Å². The molecule has 4 rings (SSSR count). The van der Waals surface area contributed by atoms with Crippen molar-refractivity contribution in [3.05, 3.63) is 65.9 Å². The molecule has 120 valence electrons. The number of likely N-dealkylation sites (tertiary alicyclic amines) is 1.